The third kappa shape index (κ3) is 3.64. The predicted octanol–water partition coefficient (Wildman–Crippen LogP) is 3.30. The average molecular weight is 250 g/mol. The molecule has 3 nitrogen and oxygen atoms in total. The van der Waals surface area contributed by atoms with Gasteiger partial charge in [-0.15, -0.1) is 0 Å². The zero-order valence-electron chi connectivity index (χ0n) is 12.2. The van der Waals surface area contributed by atoms with Crippen LogP contribution in [0.1, 0.15) is 45.7 Å². The van der Waals surface area contributed by atoms with Gasteiger partial charge in [-0.25, -0.2) is 0 Å². The summed E-state index contributed by atoms with van der Waals surface area (Å²) in [5.74, 6) is 0.371. The van der Waals surface area contributed by atoms with Crippen LogP contribution in [-0.4, -0.2) is 24.7 Å². The molecule has 1 aromatic carbocycles. The number of benzene rings is 1. The van der Waals surface area contributed by atoms with Gasteiger partial charge in [-0.1, -0.05) is 13.0 Å². The first-order chi connectivity index (χ1) is 8.47. The minimum Gasteiger partial charge on any atom is -0.508 e. The molecular weight excluding hydrogens is 224 g/mol. The van der Waals surface area contributed by atoms with Crippen LogP contribution in [0.2, 0.25) is 0 Å². The van der Waals surface area contributed by atoms with Gasteiger partial charge in [-0.3, -0.25) is 0 Å². The molecule has 0 radical (unpaired) electrons. The third-order valence-corrected chi connectivity index (χ3v) is 3.36. The van der Waals surface area contributed by atoms with Crippen molar-refractivity contribution in [2.45, 2.75) is 46.2 Å². The van der Waals surface area contributed by atoms with E-state index in [2.05, 4.69) is 44.0 Å². The SMILES string of the molecule is CCCNC(C)c1ccc(N(C)C(C)C)cc1O. The summed E-state index contributed by atoms with van der Waals surface area (Å²) in [5, 5.41) is 13.5. The van der Waals surface area contributed by atoms with E-state index in [1.807, 2.05) is 19.2 Å². The maximum absolute atomic E-state index is 10.1. The van der Waals surface area contributed by atoms with Gasteiger partial charge in [0.15, 0.2) is 0 Å². The van der Waals surface area contributed by atoms with Crippen molar-refractivity contribution in [1.29, 1.82) is 0 Å². The lowest BCUT2D eigenvalue weighted by atomic mass is 10.1. The number of phenolic OH excluding ortho intramolecular Hbond substituents is 1. The third-order valence-electron chi connectivity index (χ3n) is 3.36. The lowest BCUT2D eigenvalue weighted by Gasteiger charge is -2.25. The predicted molar refractivity (Wildman–Crippen MR) is 78.4 cm³/mol. The van der Waals surface area contributed by atoms with Crippen LogP contribution in [0.3, 0.4) is 0 Å². The second-order valence-corrected chi connectivity index (χ2v) is 5.12. The molecule has 1 atom stereocenters. The maximum Gasteiger partial charge on any atom is 0.122 e. The minimum absolute atomic E-state index is 0.184. The van der Waals surface area contributed by atoms with E-state index in [1.54, 1.807) is 0 Å². The monoisotopic (exact) mass is 250 g/mol. The highest BCUT2D eigenvalue weighted by Crippen LogP contribution is 2.29. The molecule has 1 rings (SSSR count). The van der Waals surface area contributed by atoms with Gasteiger partial charge in [0.25, 0.3) is 0 Å². The Bertz CT molecular complexity index is 377. The summed E-state index contributed by atoms with van der Waals surface area (Å²) in [6.07, 6.45) is 1.10. The van der Waals surface area contributed by atoms with E-state index in [1.165, 1.54) is 0 Å². The highest BCUT2D eigenvalue weighted by molar-refractivity contribution is 5.54. The molecule has 0 fully saturated rings. The Hall–Kier alpha value is -1.22. The Balaban J connectivity index is 2.85. The van der Waals surface area contributed by atoms with Crippen molar-refractivity contribution < 1.29 is 5.11 Å². The van der Waals surface area contributed by atoms with E-state index in [0.717, 1.165) is 24.2 Å². The molecule has 0 saturated heterocycles. The van der Waals surface area contributed by atoms with Gasteiger partial charge in [0.2, 0.25) is 0 Å². The van der Waals surface area contributed by atoms with Crippen LogP contribution in [-0.2, 0) is 0 Å². The van der Waals surface area contributed by atoms with Crippen LogP contribution in [0.5, 0.6) is 5.75 Å². The molecule has 0 saturated carbocycles. The molecule has 0 spiro atoms. The Morgan fingerprint density at radius 2 is 1.94 bits per heavy atom. The van der Waals surface area contributed by atoms with Gasteiger partial charge < -0.3 is 15.3 Å². The summed E-state index contributed by atoms with van der Waals surface area (Å²) < 4.78 is 0. The van der Waals surface area contributed by atoms with E-state index < -0.39 is 0 Å². The highest BCUT2D eigenvalue weighted by atomic mass is 16.3. The number of phenols is 1. The molecule has 0 amide bonds. The molecule has 0 heterocycles. The van der Waals surface area contributed by atoms with Crippen LogP contribution in [0, 0.1) is 0 Å². The first kappa shape index (κ1) is 14.8. The Labute approximate surface area is 111 Å². The number of hydrogen-bond donors (Lipinski definition) is 2. The van der Waals surface area contributed by atoms with Gasteiger partial charge in [0.1, 0.15) is 5.75 Å². The Kier molecular flexibility index (Phi) is 5.48. The zero-order valence-corrected chi connectivity index (χ0v) is 12.2. The maximum atomic E-state index is 10.1. The van der Waals surface area contributed by atoms with E-state index >= 15 is 0 Å². The van der Waals surface area contributed by atoms with Crippen molar-refractivity contribution in [3.63, 3.8) is 0 Å². The molecule has 0 aromatic heterocycles. The number of nitrogens with zero attached hydrogens (tertiary/aromatic N) is 1. The standard InChI is InChI=1S/C15H26N2O/c1-6-9-16-12(4)14-8-7-13(10-15(14)18)17(5)11(2)3/h7-8,10-12,16,18H,6,9H2,1-5H3. The van der Waals surface area contributed by atoms with Gasteiger partial charge in [0.05, 0.1) is 0 Å². The quantitative estimate of drug-likeness (QED) is 0.813. The van der Waals surface area contributed by atoms with E-state index in [0.29, 0.717) is 11.8 Å². The van der Waals surface area contributed by atoms with Crippen molar-refractivity contribution in [3.05, 3.63) is 23.8 Å². The number of hydrogen-bond acceptors (Lipinski definition) is 3. The number of aromatic hydroxyl groups is 1. The Morgan fingerprint density at radius 3 is 2.44 bits per heavy atom. The van der Waals surface area contributed by atoms with Crippen LogP contribution in [0.25, 0.3) is 0 Å². The molecular formula is C15H26N2O. The van der Waals surface area contributed by atoms with E-state index in [9.17, 15) is 5.11 Å². The van der Waals surface area contributed by atoms with Crippen molar-refractivity contribution in [2.24, 2.45) is 0 Å². The zero-order chi connectivity index (χ0) is 13.7. The summed E-state index contributed by atoms with van der Waals surface area (Å²) in [6, 6.07) is 6.53. The fourth-order valence-corrected chi connectivity index (χ4v) is 1.89. The van der Waals surface area contributed by atoms with Crippen LogP contribution >= 0.6 is 0 Å². The Morgan fingerprint density at radius 1 is 1.28 bits per heavy atom. The van der Waals surface area contributed by atoms with E-state index in [-0.39, 0.29) is 6.04 Å². The molecule has 0 aliphatic heterocycles. The van der Waals surface area contributed by atoms with Gasteiger partial charge in [-0.05, 0) is 39.8 Å². The molecule has 0 bridgehead atoms. The summed E-state index contributed by atoms with van der Waals surface area (Å²) in [7, 11) is 2.04. The molecule has 102 valence electrons. The first-order valence-electron chi connectivity index (χ1n) is 6.76. The lowest BCUT2D eigenvalue weighted by molar-refractivity contribution is 0.452. The second kappa shape index (κ2) is 6.64. The van der Waals surface area contributed by atoms with Crippen LogP contribution in [0.15, 0.2) is 18.2 Å². The molecule has 3 heteroatoms. The van der Waals surface area contributed by atoms with Crippen LogP contribution in [0.4, 0.5) is 5.69 Å². The minimum atomic E-state index is 0.184. The number of nitrogens with one attached hydrogen (secondary N) is 1. The van der Waals surface area contributed by atoms with Crippen molar-refractivity contribution in [3.8, 4) is 5.75 Å². The van der Waals surface area contributed by atoms with E-state index in [4.69, 9.17) is 0 Å². The fraction of sp³-hybridized carbons (Fsp3) is 0.600. The number of anilines is 1. The van der Waals surface area contributed by atoms with Gasteiger partial charge >= 0.3 is 0 Å². The smallest absolute Gasteiger partial charge is 0.122 e. The molecule has 0 aliphatic carbocycles. The van der Waals surface area contributed by atoms with Crippen molar-refractivity contribution >= 4 is 5.69 Å². The normalized spacial score (nSPS) is 12.8. The van der Waals surface area contributed by atoms with Crippen LogP contribution < -0.4 is 10.2 Å². The molecule has 0 aliphatic rings. The molecule has 1 unspecified atom stereocenters. The lowest BCUT2D eigenvalue weighted by Crippen LogP contribution is -2.25. The summed E-state index contributed by atoms with van der Waals surface area (Å²) >= 11 is 0. The highest BCUT2D eigenvalue weighted by Gasteiger charge is 2.12. The van der Waals surface area contributed by atoms with Crippen molar-refractivity contribution in [1.82, 2.24) is 5.32 Å². The summed E-state index contributed by atoms with van der Waals surface area (Å²) in [5.41, 5.74) is 2.01. The topological polar surface area (TPSA) is 35.5 Å². The largest absolute Gasteiger partial charge is 0.508 e. The summed E-state index contributed by atoms with van der Waals surface area (Å²) in [4.78, 5) is 2.15. The molecule has 1 aromatic rings. The summed E-state index contributed by atoms with van der Waals surface area (Å²) in [6.45, 7) is 9.46. The molecule has 2 N–H and O–H groups in total. The first-order valence-corrected chi connectivity index (χ1v) is 6.76. The van der Waals surface area contributed by atoms with Gasteiger partial charge in [-0.2, -0.15) is 0 Å². The fourth-order valence-electron chi connectivity index (χ4n) is 1.89. The average Bonchev–Trinajstić information content (AvgIpc) is 2.34. The van der Waals surface area contributed by atoms with Gasteiger partial charge in [0, 0.05) is 36.4 Å². The van der Waals surface area contributed by atoms with Crippen molar-refractivity contribution in [2.75, 3.05) is 18.5 Å². The second-order valence-electron chi connectivity index (χ2n) is 5.12. The number of rotatable bonds is 6. The molecule has 18 heavy (non-hydrogen) atoms.